The molecular weight excluding hydrogens is 396 g/mol. The summed E-state index contributed by atoms with van der Waals surface area (Å²) in [6.45, 7) is 8.91. The summed E-state index contributed by atoms with van der Waals surface area (Å²) in [5.41, 5.74) is 1.81. The molecule has 0 amide bonds. The first-order valence-corrected chi connectivity index (χ1v) is 9.75. The van der Waals surface area contributed by atoms with Crippen molar-refractivity contribution >= 4 is 12.1 Å². The number of esters is 1. The summed E-state index contributed by atoms with van der Waals surface area (Å²) in [6, 6.07) is 18.8. The fourth-order valence-corrected chi connectivity index (χ4v) is 2.99. The summed E-state index contributed by atoms with van der Waals surface area (Å²) in [4.78, 5) is 22.6. The standard InChI is InChI=1S/C14H18O3.C11H12O3/c1-4-12(11-8-6-5-7-9-11)13(10(2)15)14(16)17-3;1-3-10(14-11(12)13-2)9-7-5-4-6-8-9/h4-10,12-13,15H,1H2,2-3H3;3-8,10H,1H2,2H3/t10-,12?,13?;/m1./s1. The van der Waals surface area contributed by atoms with Crippen molar-refractivity contribution in [2.45, 2.75) is 25.0 Å². The highest BCUT2D eigenvalue weighted by Gasteiger charge is 2.32. The third-order valence-electron chi connectivity index (χ3n) is 4.55. The minimum Gasteiger partial charge on any atom is -0.469 e. The van der Waals surface area contributed by atoms with E-state index in [1.807, 2.05) is 60.7 Å². The van der Waals surface area contributed by atoms with Crippen LogP contribution in [0.3, 0.4) is 0 Å². The van der Waals surface area contributed by atoms with Crippen molar-refractivity contribution in [1.82, 2.24) is 0 Å². The van der Waals surface area contributed by atoms with Crippen molar-refractivity contribution in [3.8, 4) is 0 Å². The smallest absolute Gasteiger partial charge is 0.469 e. The Morgan fingerprint density at radius 3 is 1.77 bits per heavy atom. The summed E-state index contributed by atoms with van der Waals surface area (Å²) in [5, 5.41) is 9.73. The van der Waals surface area contributed by atoms with Gasteiger partial charge in [-0.25, -0.2) is 4.79 Å². The summed E-state index contributed by atoms with van der Waals surface area (Å²) >= 11 is 0. The summed E-state index contributed by atoms with van der Waals surface area (Å²) in [7, 11) is 2.59. The lowest BCUT2D eigenvalue weighted by Crippen LogP contribution is -2.32. The normalized spacial score (nSPS) is 13.8. The first-order valence-electron chi connectivity index (χ1n) is 9.75. The van der Waals surface area contributed by atoms with Crippen molar-refractivity contribution < 1.29 is 28.9 Å². The van der Waals surface area contributed by atoms with Gasteiger partial charge in [0.1, 0.15) is 6.10 Å². The molecule has 0 saturated carbocycles. The van der Waals surface area contributed by atoms with E-state index in [1.54, 1.807) is 19.1 Å². The average molecular weight is 427 g/mol. The number of carbonyl (C=O) groups is 2. The Labute approximate surface area is 183 Å². The molecule has 0 aliphatic carbocycles. The van der Waals surface area contributed by atoms with Gasteiger partial charge in [-0.15, -0.1) is 6.58 Å². The number of aliphatic hydroxyl groups is 1. The van der Waals surface area contributed by atoms with Crippen molar-refractivity contribution in [2.75, 3.05) is 14.2 Å². The third kappa shape index (κ3) is 8.10. The van der Waals surface area contributed by atoms with Crippen molar-refractivity contribution in [2.24, 2.45) is 5.92 Å². The predicted octanol–water partition coefficient (Wildman–Crippen LogP) is 4.82. The van der Waals surface area contributed by atoms with Gasteiger partial charge >= 0.3 is 12.1 Å². The fraction of sp³-hybridized carbons (Fsp3) is 0.280. The molecule has 6 heteroatoms. The average Bonchev–Trinajstić information content (AvgIpc) is 2.81. The van der Waals surface area contributed by atoms with Crippen LogP contribution in [0.5, 0.6) is 0 Å². The third-order valence-corrected chi connectivity index (χ3v) is 4.55. The van der Waals surface area contributed by atoms with Gasteiger partial charge in [0, 0.05) is 5.92 Å². The zero-order chi connectivity index (χ0) is 23.2. The Bertz CT molecular complexity index is 816. The second kappa shape index (κ2) is 13.8. The highest BCUT2D eigenvalue weighted by atomic mass is 16.7. The first kappa shape index (κ1) is 25.7. The van der Waals surface area contributed by atoms with Gasteiger partial charge in [-0.3, -0.25) is 4.79 Å². The van der Waals surface area contributed by atoms with Crippen LogP contribution in [-0.4, -0.2) is 37.6 Å². The van der Waals surface area contributed by atoms with Gasteiger partial charge in [-0.05, 0) is 24.1 Å². The number of aliphatic hydroxyl groups excluding tert-OH is 1. The highest BCUT2D eigenvalue weighted by Crippen LogP contribution is 2.29. The van der Waals surface area contributed by atoms with E-state index in [9.17, 15) is 14.7 Å². The quantitative estimate of drug-likeness (QED) is 0.481. The number of ether oxygens (including phenoxy) is 3. The van der Waals surface area contributed by atoms with Crippen LogP contribution in [-0.2, 0) is 19.0 Å². The minimum atomic E-state index is -0.786. The van der Waals surface area contributed by atoms with Gasteiger partial charge in [-0.2, -0.15) is 0 Å². The Morgan fingerprint density at radius 2 is 1.39 bits per heavy atom. The van der Waals surface area contributed by atoms with Crippen LogP contribution >= 0.6 is 0 Å². The first-order chi connectivity index (χ1) is 14.9. The van der Waals surface area contributed by atoms with Crippen LogP contribution in [0.2, 0.25) is 0 Å². The number of benzene rings is 2. The van der Waals surface area contributed by atoms with Gasteiger partial charge in [0.15, 0.2) is 0 Å². The van der Waals surface area contributed by atoms with E-state index in [4.69, 9.17) is 9.47 Å². The number of rotatable bonds is 8. The molecule has 0 spiro atoms. The molecule has 166 valence electrons. The van der Waals surface area contributed by atoms with Gasteiger partial charge in [0.05, 0.1) is 26.2 Å². The van der Waals surface area contributed by atoms with E-state index >= 15 is 0 Å². The maximum Gasteiger partial charge on any atom is 0.508 e. The maximum atomic E-state index is 11.7. The van der Waals surface area contributed by atoms with E-state index in [-0.39, 0.29) is 5.92 Å². The Hall–Kier alpha value is -3.38. The molecule has 1 N–H and O–H groups in total. The molecule has 6 nitrogen and oxygen atoms in total. The molecule has 2 aromatic carbocycles. The van der Waals surface area contributed by atoms with Crippen LogP contribution in [0.15, 0.2) is 86.0 Å². The Morgan fingerprint density at radius 1 is 0.871 bits per heavy atom. The maximum absolute atomic E-state index is 11.7. The van der Waals surface area contributed by atoms with Crippen LogP contribution < -0.4 is 0 Å². The van der Waals surface area contributed by atoms with Crippen molar-refractivity contribution in [3.05, 3.63) is 97.1 Å². The molecule has 0 heterocycles. The number of allylic oxidation sites excluding steroid dienone is 1. The van der Waals surface area contributed by atoms with E-state index in [0.29, 0.717) is 0 Å². The number of carbonyl (C=O) groups excluding carboxylic acids is 2. The molecule has 0 aromatic heterocycles. The fourth-order valence-electron chi connectivity index (χ4n) is 2.99. The lowest BCUT2D eigenvalue weighted by molar-refractivity contribution is -0.149. The van der Waals surface area contributed by atoms with Crippen molar-refractivity contribution in [3.63, 3.8) is 0 Å². The Kier molecular flexibility index (Phi) is 11.4. The molecular formula is C25H30O6. The molecule has 0 bridgehead atoms. The summed E-state index contributed by atoms with van der Waals surface area (Å²) in [5.74, 6) is -1.29. The zero-order valence-corrected chi connectivity index (χ0v) is 18.1. The predicted molar refractivity (Wildman–Crippen MR) is 119 cm³/mol. The molecule has 31 heavy (non-hydrogen) atoms. The van der Waals surface area contributed by atoms with Gasteiger partial charge in [-0.1, -0.05) is 73.3 Å². The van der Waals surface area contributed by atoms with Gasteiger partial charge in [0.2, 0.25) is 0 Å². The number of hydrogen-bond donors (Lipinski definition) is 1. The second-order valence-electron chi connectivity index (χ2n) is 6.60. The zero-order valence-electron chi connectivity index (χ0n) is 18.1. The molecule has 0 aliphatic heterocycles. The van der Waals surface area contributed by atoms with Gasteiger partial charge < -0.3 is 19.3 Å². The molecule has 4 atom stereocenters. The van der Waals surface area contributed by atoms with E-state index in [1.165, 1.54) is 14.2 Å². The summed E-state index contributed by atoms with van der Waals surface area (Å²) < 4.78 is 14.1. The minimum absolute atomic E-state index is 0.247. The van der Waals surface area contributed by atoms with E-state index in [2.05, 4.69) is 17.9 Å². The Balaban J connectivity index is 0.000000316. The lowest BCUT2D eigenvalue weighted by Gasteiger charge is -2.25. The monoisotopic (exact) mass is 426 g/mol. The molecule has 2 rings (SSSR count). The SMILES string of the molecule is C=CC(OC(=O)OC)c1ccccc1.C=CC(c1ccccc1)C(C(=O)OC)[C@@H](C)O. The van der Waals surface area contributed by atoms with Crippen LogP contribution in [0, 0.1) is 5.92 Å². The van der Waals surface area contributed by atoms with Crippen molar-refractivity contribution in [1.29, 1.82) is 0 Å². The molecule has 2 aromatic rings. The van der Waals surface area contributed by atoms with Gasteiger partial charge in [0.25, 0.3) is 0 Å². The van der Waals surface area contributed by atoms with Crippen LogP contribution in [0.25, 0.3) is 0 Å². The molecule has 0 saturated heterocycles. The molecule has 0 radical (unpaired) electrons. The molecule has 3 unspecified atom stereocenters. The van der Waals surface area contributed by atoms with Crippen LogP contribution in [0.1, 0.15) is 30.1 Å². The molecule has 0 aliphatic rings. The largest absolute Gasteiger partial charge is 0.508 e. The van der Waals surface area contributed by atoms with E-state index in [0.717, 1.165) is 11.1 Å². The molecule has 0 fully saturated rings. The summed E-state index contributed by atoms with van der Waals surface area (Å²) in [6.07, 6.45) is 1.27. The number of hydrogen-bond acceptors (Lipinski definition) is 6. The van der Waals surface area contributed by atoms with Crippen LogP contribution in [0.4, 0.5) is 4.79 Å². The highest BCUT2D eigenvalue weighted by molar-refractivity contribution is 5.74. The van der Waals surface area contributed by atoms with E-state index < -0.39 is 30.3 Å². The topological polar surface area (TPSA) is 82.1 Å². The second-order valence-corrected chi connectivity index (χ2v) is 6.60. The number of methoxy groups -OCH3 is 2. The lowest BCUT2D eigenvalue weighted by atomic mass is 9.83.